The van der Waals surface area contributed by atoms with Crippen LogP contribution >= 0.6 is 0 Å². The second kappa shape index (κ2) is 10.1. The van der Waals surface area contributed by atoms with Gasteiger partial charge in [-0.25, -0.2) is 13.1 Å². The summed E-state index contributed by atoms with van der Waals surface area (Å²) in [7, 11) is -0.480. The minimum Gasteiger partial charge on any atom is -0.494 e. The highest BCUT2D eigenvalue weighted by Gasteiger charge is 2.31. The monoisotopic (exact) mass is 536 g/mol. The van der Waals surface area contributed by atoms with Crippen LogP contribution in [0.2, 0.25) is 0 Å². The van der Waals surface area contributed by atoms with Gasteiger partial charge in [-0.1, -0.05) is 35.5 Å². The molecule has 198 valence electrons. The van der Waals surface area contributed by atoms with Crippen LogP contribution in [-0.2, 0) is 28.4 Å². The quantitative estimate of drug-likeness (QED) is 0.381. The fourth-order valence-corrected chi connectivity index (χ4v) is 6.40. The predicted octanol–water partition coefficient (Wildman–Crippen LogP) is 3.48. The lowest BCUT2D eigenvalue weighted by molar-refractivity contribution is -0.137. The van der Waals surface area contributed by atoms with E-state index in [1.54, 1.807) is 43.1 Å². The number of nitrogens with zero attached hydrogens (tertiary/aromatic N) is 4. The third-order valence-corrected chi connectivity index (χ3v) is 8.76. The summed E-state index contributed by atoms with van der Waals surface area (Å²) in [4.78, 5) is 12.1. The van der Waals surface area contributed by atoms with Gasteiger partial charge in [0.25, 0.3) is 0 Å². The Balaban J connectivity index is 1.55. The van der Waals surface area contributed by atoms with Gasteiger partial charge in [0.1, 0.15) is 34.0 Å². The maximum absolute atomic E-state index is 13.5. The van der Waals surface area contributed by atoms with E-state index >= 15 is 0 Å². The van der Waals surface area contributed by atoms with Crippen molar-refractivity contribution in [1.29, 1.82) is 0 Å². The molecule has 38 heavy (non-hydrogen) atoms. The molecule has 0 fully saturated rings. The molecular formula is C27H28N4O6S. The molecule has 5 rings (SSSR count). The van der Waals surface area contributed by atoms with Crippen LogP contribution in [0.5, 0.6) is 11.5 Å². The summed E-state index contributed by atoms with van der Waals surface area (Å²) in [6.45, 7) is 2.47. The summed E-state index contributed by atoms with van der Waals surface area (Å²) in [5.74, 6) is -0.589. The van der Waals surface area contributed by atoms with Crippen molar-refractivity contribution in [3.63, 3.8) is 0 Å². The van der Waals surface area contributed by atoms with Gasteiger partial charge >= 0.3 is 5.97 Å². The number of rotatable bonds is 7. The number of aryl methyl sites for hydroxylation is 2. The average Bonchev–Trinajstić information content (AvgIpc) is 3.22. The van der Waals surface area contributed by atoms with Crippen molar-refractivity contribution in [1.82, 2.24) is 19.3 Å². The highest BCUT2D eigenvalue weighted by molar-refractivity contribution is 7.89. The zero-order valence-corrected chi connectivity index (χ0v) is 22.1. The first-order valence-corrected chi connectivity index (χ1v) is 13.5. The van der Waals surface area contributed by atoms with E-state index in [9.17, 15) is 18.3 Å². The van der Waals surface area contributed by atoms with Crippen molar-refractivity contribution in [3.8, 4) is 11.5 Å². The molecule has 4 aromatic rings. The smallest absolute Gasteiger partial charge is 0.304 e. The van der Waals surface area contributed by atoms with E-state index in [0.29, 0.717) is 22.5 Å². The average molecular weight is 537 g/mol. The topological polar surface area (TPSA) is 124 Å². The molecule has 10 nitrogen and oxygen atoms in total. The molecule has 0 aliphatic carbocycles. The summed E-state index contributed by atoms with van der Waals surface area (Å²) in [5, 5.41) is 18.0. The molecule has 0 saturated carbocycles. The SMILES string of the molecule is COc1cc([C@@H](CC(=O)O)c2ccc(C)c(CN3CCOc4ccccc4S3(=O)=O)c2)cc2nnn(C)c12. The minimum atomic E-state index is -3.79. The molecule has 0 bridgehead atoms. The third kappa shape index (κ3) is 4.70. The number of carbonyl (C=O) groups is 1. The number of hydrogen-bond donors (Lipinski definition) is 1. The predicted molar refractivity (Wildman–Crippen MR) is 140 cm³/mol. The molecule has 1 N–H and O–H groups in total. The Kier molecular flexibility index (Phi) is 6.80. The van der Waals surface area contributed by atoms with E-state index in [2.05, 4.69) is 10.3 Å². The third-order valence-electron chi connectivity index (χ3n) is 6.88. The highest BCUT2D eigenvalue weighted by atomic mass is 32.2. The lowest BCUT2D eigenvalue weighted by Gasteiger charge is -2.23. The molecule has 0 radical (unpaired) electrons. The Hall–Kier alpha value is -3.96. The highest BCUT2D eigenvalue weighted by Crippen LogP contribution is 2.36. The van der Waals surface area contributed by atoms with Crippen LogP contribution < -0.4 is 9.47 Å². The molecule has 0 unspecified atom stereocenters. The van der Waals surface area contributed by atoms with Crippen molar-refractivity contribution in [2.75, 3.05) is 20.3 Å². The molecule has 0 amide bonds. The Morgan fingerprint density at radius 2 is 1.95 bits per heavy atom. The maximum atomic E-state index is 13.5. The summed E-state index contributed by atoms with van der Waals surface area (Å²) in [5.41, 5.74) is 4.47. The second-order valence-electron chi connectivity index (χ2n) is 9.27. The van der Waals surface area contributed by atoms with Crippen LogP contribution in [0.3, 0.4) is 0 Å². The number of ether oxygens (including phenoxy) is 2. The number of hydrogen-bond acceptors (Lipinski definition) is 7. The van der Waals surface area contributed by atoms with Crippen LogP contribution in [0.25, 0.3) is 11.0 Å². The zero-order valence-electron chi connectivity index (χ0n) is 21.3. The van der Waals surface area contributed by atoms with Gasteiger partial charge in [0.05, 0.1) is 13.5 Å². The van der Waals surface area contributed by atoms with Gasteiger partial charge in [-0.15, -0.1) is 5.10 Å². The van der Waals surface area contributed by atoms with Gasteiger partial charge in [-0.3, -0.25) is 4.79 Å². The van der Waals surface area contributed by atoms with Gasteiger partial charge in [0, 0.05) is 26.1 Å². The van der Waals surface area contributed by atoms with Gasteiger partial charge in [0.2, 0.25) is 10.0 Å². The summed E-state index contributed by atoms with van der Waals surface area (Å²) in [6.07, 6.45) is -0.166. The first-order valence-electron chi connectivity index (χ1n) is 12.1. The number of aliphatic carboxylic acids is 1. The van der Waals surface area contributed by atoms with Crippen LogP contribution in [0, 0.1) is 6.92 Å². The summed E-state index contributed by atoms with van der Waals surface area (Å²) >= 11 is 0. The van der Waals surface area contributed by atoms with E-state index in [1.807, 2.05) is 37.3 Å². The molecule has 1 aliphatic heterocycles. The molecule has 1 aromatic heterocycles. The number of carboxylic acid groups (broad SMARTS) is 1. The molecule has 3 aromatic carbocycles. The summed E-state index contributed by atoms with van der Waals surface area (Å²) < 4.78 is 41.2. The number of sulfonamides is 1. The Morgan fingerprint density at radius 3 is 2.71 bits per heavy atom. The lowest BCUT2D eigenvalue weighted by atomic mass is 9.86. The van der Waals surface area contributed by atoms with Crippen molar-refractivity contribution in [2.24, 2.45) is 7.05 Å². The van der Waals surface area contributed by atoms with Gasteiger partial charge in [-0.05, 0) is 53.4 Å². The Morgan fingerprint density at radius 1 is 1.16 bits per heavy atom. The number of carboxylic acids is 1. The normalized spacial score (nSPS) is 15.9. The molecule has 1 atom stereocenters. The van der Waals surface area contributed by atoms with Crippen LogP contribution in [0.4, 0.5) is 0 Å². The van der Waals surface area contributed by atoms with Crippen molar-refractivity contribution < 1.29 is 27.8 Å². The standard InChI is InChI=1S/C27H28N4O6S/c1-17-8-9-18(12-20(17)16-31-10-11-37-23-6-4-5-7-25(23)38(31,34)35)21(15-26(32)33)19-13-22-27(24(14-19)36-3)30(2)29-28-22/h4-9,12-14,21H,10-11,15-16H2,1-3H3,(H,32,33)/t21-/m0/s1. The van der Waals surface area contributed by atoms with Crippen molar-refractivity contribution in [2.45, 2.75) is 30.7 Å². The van der Waals surface area contributed by atoms with E-state index < -0.39 is 21.9 Å². The Labute approximate surface area is 220 Å². The van der Waals surface area contributed by atoms with E-state index in [-0.39, 0.29) is 31.0 Å². The first-order chi connectivity index (χ1) is 18.2. The second-order valence-corrected chi connectivity index (χ2v) is 11.2. The van der Waals surface area contributed by atoms with Crippen molar-refractivity contribution >= 4 is 27.0 Å². The van der Waals surface area contributed by atoms with E-state index in [1.165, 1.54) is 4.31 Å². The summed E-state index contributed by atoms with van der Waals surface area (Å²) in [6, 6.07) is 15.9. The molecular weight excluding hydrogens is 508 g/mol. The first kappa shape index (κ1) is 25.7. The molecule has 0 saturated heterocycles. The van der Waals surface area contributed by atoms with E-state index in [0.717, 1.165) is 22.3 Å². The van der Waals surface area contributed by atoms with Crippen LogP contribution in [0.15, 0.2) is 59.5 Å². The van der Waals surface area contributed by atoms with Crippen LogP contribution in [-0.4, -0.2) is 59.1 Å². The van der Waals surface area contributed by atoms with Crippen molar-refractivity contribution in [3.05, 3.63) is 76.9 Å². The lowest BCUT2D eigenvalue weighted by Crippen LogP contribution is -2.32. The van der Waals surface area contributed by atoms with Gasteiger partial charge in [0.15, 0.2) is 0 Å². The van der Waals surface area contributed by atoms with Gasteiger partial charge < -0.3 is 14.6 Å². The fourth-order valence-electron chi connectivity index (χ4n) is 4.87. The fraction of sp³-hybridized carbons (Fsp3) is 0.296. The number of methoxy groups -OCH3 is 1. The van der Waals surface area contributed by atoms with E-state index in [4.69, 9.17) is 9.47 Å². The minimum absolute atomic E-state index is 0.131. The maximum Gasteiger partial charge on any atom is 0.304 e. The number of aromatic nitrogens is 3. The molecule has 11 heteroatoms. The number of fused-ring (bicyclic) bond motifs is 2. The van der Waals surface area contributed by atoms with Gasteiger partial charge in [-0.2, -0.15) is 4.31 Å². The molecule has 2 heterocycles. The van der Waals surface area contributed by atoms with Crippen LogP contribution in [0.1, 0.15) is 34.6 Å². The largest absolute Gasteiger partial charge is 0.494 e. The zero-order chi connectivity index (χ0) is 27.0. The molecule has 1 aliphatic rings. The molecule has 0 spiro atoms. The number of benzene rings is 3. The number of para-hydroxylation sites is 1. The Bertz CT molecular complexity index is 1630.